The predicted octanol–water partition coefficient (Wildman–Crippen LogP) is 4.54. The molecule has 0 spiro atoms. The first-order chi connectivity index (χ1) is 14.6. The van der Waals surface area contributed by atoms with Crippen LogP contribution in [-0.4, -0.2) is 36.1 Å². The van der Waals surface area contributed by atoms with E-state index in [-0.39, 0.29) is 24.8 Å². The number of benzene rings is 2. The van der Waals surface area contributed by atoms with Crippen LogP contribution in [0.25, 0.3) is 21.8 Å². The highest BCUT2D eigenvalue weighted by molar-refractivity contribution is 7.13. The Bertz CT molecular complexity index is 1060. The molecular weight excluding hydrogens is 400 g/mol. The Morgan fingerprint density at radius 2 is 2.00 bits per heavy atom. The molecule has 1 aliphatic heterocycles. The summed E-state index contributed by atoms with van der Waals surface area (Å²) in [7, 11) is 0. The van der Waals surface area contributed by atoms with Crippen molar-refractivity contribution in [3.63, 3.8) is 0 Å². The summed E-state index contributed by atoms with van der Waals surface area (Å²) in [6.45, 7) is 4.04. The van der Waals surface area contributed by atoms with Crippen LogP contribution in [0.2, 0.25) is 0 Å². The van der Waals surface area contributed by atoms with Crippen molar-refractivity contribution >= 4 is 28.9 Å². The van der Waals surface area contributed by atoms with E-state index in [0.717, 1.165) is 21.8 Å². The van der Waals surface area contributed by atoms with Crippen LogP contribution in [0.3, 0.4) is 0 Å². The number of nitrogens with zero attached hydrogens (tertiary/aromatic N) is 2. The van der Waals surface area contributed by atoms with Crippen LogP contribution in [0.1, 0.15) is 20.3 Å². The first-order valence-corrected chi connectivity index (χ1v) is 10.7. The number of fused-ring (bicyclic) bond motifs is 1. The fourth-order valence-corrected chi connectivity index (χ4v) is 4.19. The van der Waals surface area contributed by atoms with Crippen molar-refractivity contribution in [1.82, 2.24) is 4.98 Å². The Hall–Kier alpha value is -3.19. The van der Waals surface area contributed by atoms with Gasteiger partial charge in [-0.3, -0.25) is 9.59 Å². The zero-order chi connectivity index (χ0) is 21.1. The summed E-state index contributed by atoms with van der Waals surface area (Å²) < 4.78 is 10.8. The second kappa shape index (κ2) is 8.67. The van der Waals surface area contributed by atoms with Crippen LogP contribution >= 0.6 is 11.3 Å². The van der Waals surface area contributed by atoms with Gasteiger partial charge in [0.2, 0.25) is 0 Å². The molecule has 1 amide bonds. The zero-order valence-corrected chi connectivity index (χ0v) is 17.6. The fourth-order valence-electron chi connectivity index (χ4n) is 3.35. The van der Waals surface area contributed by atoms with E-state index in [1.807, 2.05) is 53.9 Å². The van der Waals surface area contributed by atoms with Gasteiger partial charge in [0.1, 0.15) is 10.8 Å². The molecule has 0 bridgehead atoms. The lowest BCUT2D eigenvalue weighted by Crippen LogP contribution is -2.45. The van der Waals surface area contributed by atoms with E-state index in [2.05, 4.69) is 0 Å². The third kappa shape index (κ3) is 4.07. The SMILES string of the molecule is CCOC(=O)CCN1C(=O)C(C)Oc2ccc(-c3csc(-c4ccccc4)n3)cc21. The molecule has 30 heavy (non-hydrogen) atoms. The molecule has 0 saturated heterocycles. The van der Waals surface area contributed by atoms with Crippen molar-refractivity contribution in [2.24, 2.45) is 0 Å². The molecule has 1 unspecified atom stereocenters. The average Bonchev–Trinajstić information content (AvgIpc) is 3.25. The van der Waals surface area contributed by atoms with Gasteiger partial charge in [-0.2, -0.15) is 0 Å². The minimum atomic E-state index is -0.602. The predicted molar refractivity (Wildman–Crippen MR) is 117 cm³/mol. The molecule has 0 fully saturated rings. The molecule has 3 aromatic rings. The largest absolute Gasteiger partial charge is 0.479 e. The molecule has 1 atom stereocenters. The molecule has 0 radical (unpaired) electrons. The van der Waals surface area contributed by atoms with Crippen LogP contribution in [0.4, 0.5) is 5.69 Å². The van der Waals surface area contributed by atoms with Crippen molar-refractivity contribution in [2.45, 2.75) is 26.4 Å². The molecule has 154 valence electrons. The second-order valence-electron chi connectivity index (χ2n) is 6.89. The van der Waals surface area contributed by atoms with Crippen LogP contribution in [0, 0.1) is 0 Å². The molecule has 0 N–H and O–H groups in total. The van der Waals surface area contributed by atoms with Crippen molar-refractivity contribution in [3.8, 4) is 27.6 Å². The number of esters is 1. The normalized spacial score (nSPS) is 15.5. The van der Waals surface area contributed by atoms with Crippen LogP contribution in [0.15, 0.2) is 53.9 Å². The lowest BCUT2D eigenvalue weighted by Gasteiger charge is -2.33. The van der Waals surface area contributed by atoms with Crippen molar-refractivity contribution < 1.29 is 19.1 Å². The van der Waals surface area contributed by atoms with Crippen LogP contribution in [0.5, 0.6) is 5.75 Å². The van der Waals surface area contributed by atoms with Gasteiger partial charge in [0, 0.05) is 23.1 Å². The van der Waals surface area contributed by atoms with E-state index in [0.29, 0.717) is 18.0 Å². The Kier molecular flexibility index (Phi) is 5.81. The lowest BCUT2D eigenvalue weighted by atomic mass is 10.1. The topological polar surface area (TPSA) is 68.7 Å². The van der Waals surface area contributed by atoms with Crippen LogP contribution < -0.4 is 9.64 Å². The highest BCUT2D eigenvalue weighted by atomic mass is 32.1. The van der Waals surface area contributed by atoms with Gasteiger partial charge in [-0.15, -0.1) is 11.3 Å². The Balaban J connectivity index is 1.63. The van der Waals surface area contributed by atoms with Gasteiger partial charge >= 0.3 is 5.97 Å². The number of amides is 1. The summed E-state index contributed by atoms with van der Waals surface area (Å²) in [5.41, 5.74) is 3.43. The second-order valence-corrected chi connectivity index (χ2v) is 7.75. The summed E-state index contributed by atoms with van der Waals surface area (Å²) in [4.78, 5) is 30.9. The van der Waals surface area contributed by atoms with E-state index in [1.54, 1.807) is 30.1 Å². The maximum atomic E-state index is 12.7. The first kappa shape index (κ1) is 20.1. The smallest absolute Gasteiger partial charge is 0.307 e. The molecule has 4 rings (SSSR count). The third-order valence-electron chi connectivity index (χ3n) is 4.83. The third-order valence-corrected chi connectivity index (χ3v) is 5.72. The molecule has 1 aliphatic rings. The molecule has 0 saturated carbocycles. The maximum Gasteiger partial charge on any atom is 0.307 e. The Labute approximate surface area is 179 Å². The van der Waals surface area contributed by atoms with Gasteiger partial charge in [0.15, 0.2) is 6.10 Å². The summed E-state index contributed by atoms with van der Waals surface area (Å²) in [5.74, 6) is 0.120. The van der Waals surface area contributed by atoms with Gasteiger partial charge in [0.05, 0.1) is 24.4 Å². The number of hydrogen-bond donors (Lipinski definition) is 0. The van der Waals surface area contributed by atoms with Gasteiger partial charge in [-0.05, 0) is 32.0 Å². The van der Waals surface area contributed by atoms with Gasteiger partial charge in [0.25, 0.3) is 5.91 Å². The van der Waals surface area contributed by atoms with Gasteiger partial charge in [-0.25, -0.2) is 4.98 Å². The Morgan fingerprint density at radius 3 is 2.77 bits per heavy atom. The monoisotopic (exact) mass is 422 g/mol. The standard InChI is InChI=1S/C23H22N2O4S/c1-3-28-21(26)11-12-25-19-13-17(9-10-20(19)29-15(2)23(25)27)18-14-30-22(24-18)16-7-5-4-6-8-16/h4-10,13-15H,3,11-12H2,1-2H3. The molecule has 6 nitrogen and oxygen atoms in total. The molecular formula is C23H22N2O4S. The summed E-state index contributed by atoms with van der Waals surface area (Å²) >= 11 is 1.57. The number of anilines is 1. The van der Waals surface area contributed by atoms with E-state index >= 15 is 0 Å². The number of carbonyl (C=O) groups excluding carboxylic acids is 2. The molecule has 0 aliphatic carbocycles. The zero-order valence-electron chi connectivity index (χ0n) is 16.8. The van der Waals surface area contributed by atoms with E-state index in [9.17, 15) is 9.59 Å². The molecule has 7 heteroatoms. The first-order valence-electron chi connectivity index (χ1n) is 9.86. The molecule has 1 aromatic heterocycles. The van der Waals surface area contributed by atoms with Gasteiger partial charge < -0.3 is 14.4 Å². The van der Waals surface area contributed by atoms with Crippen molar-refractivity contribution in [3.05, 3.63) is 53.9 Å². The quantitative estimate of drug-likeness (QED) is 0.546. The van der Waals surface area contributed by atoms with E-state index in [1.165, 1.54) is 0 Å². The number of ether oxygens (including phenoxy) is 2. The molecule has 2 aromatic carbocycles. The number of aromatic nitrogens is 1. The summed E-state index contributed by atoms with van der Waals surface area (Å²) in [6, 6.07) is 15.7. The summed E-state index contributed by atoms with van der Waals surface area (Å²) in [6.07, 6.45) is -0.473. The highest BCUT2D eigenvalue weighted by Crippen LogP contribution is 2.38. The average molecular weight is 423 g/mol. The highest BCUT2D eigenvalue weighted by Gasteiger charge is 2.32. The summed E-state index contributed by atoms with van der Waals surface area (Å²) in [5, 5.41) is 2.93. The minimum absolute atomic E-state index is 0.130. The lowest BCUT2D eigenvalue weighted by molar-refractivity contribution is -0.142. The van der Waals surface area contributed by atoms with Crippen molar-refractivity contribution in [2.75, 3.05) is 18.1 Å². The van der Waals surface area contributed by atoms with E-state index in [4.69, 9.17) is 14.5 Å². The number of hydrogen-bond acceptors (Lipinski definition) is 6. The maximum absolute atomic E-state index is 12.7. The molecule has 2 heterocycles. The Morgan fingerprint density at radius 1 is 1.20 bits per heavy atom. The number of thiazole rings is 1. The fraction of sp³-hybridized carbons (Fsp3) is 0.261. The van der Waals surface area contributed by atoms with E-state index < -0.39 is 6.10 Å². The van der Waals surface area contributed by atoms with Crippen molar-refractivity contribution in [1.29, 1.82) is 0 Å². The number of rotatable bonds is 6. The van der Waals surface area contributed by atoms with Gasteiger partial charge in [-0.1, -0.05) is 30.3 Å². The number of carbonyl (C=O) groups is 2. The minimum Gasteiger partial charge on any atom is -0.479 e. The van der Waals surface area contributed by atoms with Crippen LogP contribution in [-0.2, 0) is 14.3 Å².